The van der Waals surface area contributed by atoms with Gasteiger partial charge in [-0.05, 0) is 28.7 Å². The molecule has 0 saturated heterocycles. The van der Waals surface area contributed by atoms with E-state index in [-0.39, 0.29) is 18.6 Å². The van der Waals surface area contributed by atoms with Gasteiger partial charge in [-0.3, -0.25) is 4.90 Å². The van der Waals surface area contributed by atoms with Crippen molar-refractivity contribution in [3.8, 4) is 5.75 Å². The third-order valence-electron chi connectivity index (χ3n) is 4.30. The van der Waals surface area contributed by atoms with Gasteiger partial charge in [-0.25, -0.2) is 0 Å². The molecular formula is C22H31NO3. The van der Waals surface area contributed by atoms with E-state index in [1.165, 1.54) is 5.56 Å². The lowest BCUT2D eigenvalue weighted by Gasteiger charge is -2.24. The van der Waals surface area contributed by atoms with Crippen molar-refractivity contribution in [2.24, 2.45) is 0 Å². The van der Waals surface area contributed by atoms with Crippen molar-refractivity contribution in [1.29, 1.82) is 0 Å². The number of nitrogens with zero attached hydrogens (tertiary/aromatic N) is 1. The average molecular weight is 357 g/mol. The molecule has 1 atom stereocenters. The largest absolute Gasteiger partial charge is 0.491 e. The van der Waals surface area contributed by atoms with Crippen molar-refractivity contribution in [3.05, 3.63) is 65.7 Å². The van der Waals surface area contributed by atoms with Gasteiger partial charge in [-0.1, -0.05) is 63.2 Å². The number of aliphatic hydroxyl groups excluding tert-OH is 2. The molecule has 142 valence electrons. The maximum Gasteiger partial charge on any atom is 0.119 e. The highest BCUT2D eigenvalue weighted by Gasteiger charge is 2.15. The van der Waals surface area contributed by atoms with Crippen LogP contribution in [-0.2, 0) is 12.0 Å². The molecule has 0 spiro atoms. The minimum atomic E-state index is -0.618. The first-order valence-electron chi connectivity index (χ1n) is 9.17. The maximum atomic E-state index is 10.3. The summed E-state index contributed by atoms with van der Waals surface area (Å²) < 4.78 is 5.73. The molecule has 1 unspecified atom stereocenters. The number of rotatable bonds is 9. The van der Waals surface area contributed by atoms with Gasteiger partial charge in [0.25, 0.3) is 0 Å². The molecule has 2 aromatic rings. The van der Waals surface area contributed by atoms with E-state index in [1.807, 2.05) is 47.4 Å². The Hall–Kier alpha value is -1.88. The van der Waals surface area contributed by atoms with Crippen molar-refractivity contribution in [2.75, 3.05) is 26.3 Å². The molecule has 26 heavy (non-hydrogen) atoms. The summed E-state index contributed by atoms with van der Waals surface area (Å²) in [6.45, 7) is 8.49. The summed E-state index contributed by atoms with van der Waals surface area (Å²) in [6, 6.07) is 18.1. The second-order valence-electron chi connectivity index (χ2n) is 7.68. The zero-order valence-corrected chi connectivity index (χ0v) is 16.1. The highest BCUT2D eigenvalue weighted by Crippen LogP contribution is 2.24. The molecule has 0 radical (unpaired) electrons. The SMILES string of the molecule is CC(C)(C)c1ccc(OCC(O)CN(CCO)Cc2ccccc2)cc1. The average Bonchev–Trinajstić information content (AvgIpc) is 2.61. The fraction of sp³-hybridized carbons (Fsp3) is 0.455. The third-order valence-corrected chi connectivity index (χ3v) is 4.30. The van der Waals surface area contributed by atoms with Crippen molar-refractivity contribution in [3.63, 3.8) is 0 Å². The van der Waals surface area contributed by atoms with Crippen molar-refractivity contribution < 1.29 is 14.9 Å². The number of ether oxygens (including phenoxy) is 1. The summed E-state index contributed by atoms with van der Waals surface area (Å²) in [4.78, 5) is 2.03. The first-order valence-corrected chi connectivity index (χ1v) is 9.17. The Balaban J connectivity index is 1.84. The second-order valence-corrected chi connectivity index (χ2v) is 7.68. The Morgan fingerprint density at radius 1 is 1.00 bits per heavy atom. The molecule has 0 fully saturated rings. The van der Waals surface area contributed by atoms with Gasteiger partial charge in [0.2, 0.25) is 0 Å². The van der Waals surface area contributed by atoms with E-state index in [2.05, 4.69) is 32.9 Å². The molecular weight excluding hydrogens is 326 g/mol. The normalized spacial score (nSPS) is 13.0. The van der Waals surface area contributed by atoms with Crippen LogP contribution < -0.4 is 4.74 Å². The fourth-order valence-corrected chi connectivity index (χ4v) is 2.81. The molecule has 0 aliphatic rings. The topological polar surface area (TPSA) is 52.9 Å². The van der Waals surface area contributed by atoms with Gasteiger partial charge in [-0.15, -0.1) is 0 Å². The van der Waals surface area contributed by atoms with Crippen LogP contribution in [-0.4, -0.2) is 47.5 Å². The molecule has 0 saturated carbocycles. The van der Waals surface area contributed by atoms with Gasteiger partial charge >= 0.3 is 0 Å². The molecule has 0 amide bonds. The lowest BCUT2D eigenvalue weighted by molar-refractivity contribution is 0.0590. The van der Waals surface area contributed by atoms with Crippen LogP contribution in [0.4, 0.5) is 0 Å². The molecule has 4 nitrogen and oxygen atoms in total. The molecule has 0 aliphatic carbocycles. The van der Waals surface area contributed by atoms with Gasteiger partial charge in [-0.2, -0.15) is 0 Å². The predicted octanol–water partition coefficient (Wildman–Crippen LogP) is 3.22. The Labute approximate surface area is 157 Å². The molecule has 2 rings (SSSR count). The molecule has 0 heterocycles. The van der Waals surface area contributed by atoms with E-state index < -0.39 is 6.10 Å². The van der Waals surface area contributed by atoms with Gasteiger partial charge in [0.15, 0.2) is 0 Å². The van der Waals surface area contributed by atoms with E-state index >= 15 is 0 Å². The Bertz CT molecular complexity index is 635. The highest BCUT2D eigenvalue weighted by molar-refractivity contribution is 5.31. The van der Waals surface area contributed by atoms with Crippen LogP contribution >= 0.6 is 0 Å². The lowest BCUT2D eigenvalue weighted by Crippen LogP contribution is -2.37. The van der Waals surface area contributed by atoms with Gasteiger partial charge in [0.05, 0.1) is 6.61 Å². The van der Waals surface area contributed by atoms with E-state index in [4.69, 9.17) is 4.74 Å². The van der Waals surface area contributed by atoms with Crippen LogP contribution in [0, 0.1) is 0 Å². The highest BCUT2D eigenvalue weighted by atomic mass is 16.5. The monoisotopic (exact) mass is 357 g/mol. The molecule has 4 heteroatoms. The van der Waals surface area contributed by atoms with Crippen LogP contribution in [0.1, 0.15) is 31.9 Å². The van der Waals surface area contributed by atoms with Crippen LogP contribution in [0.5, 0.6) is 5.75 Å². The number of hydrogen-bond acceptors (Lipinski definition) is 4. The molecule has 0 aliphatic heterocycles. The summed E-state index contributed by atoms with van der Waals surface area (Å²) in [5, 5.41) is 19.6. The van der Waals surface area contributed by atoms with Crippen molar-refractivity contribution in [2.45, 2.75) is 38.8 Å². The standard InChI is InChI=1S/C22H31NO3/c1-22(2,3)19-9-11-21(12-10-19)26-17-20(25)16-23(13-14-24)15-18-7-5-4-6-8-18/h4-12,20,24-25H,13-17H2,1-3H3. The second kappa shape index (κ2) is 9.72. The molecule has 2 N–H and O–H groups in total. The van der Waals surface area contributed by atoms with Crippen LogP contribution in [0.2, 0.25) is 0 Å². The van der Waals surface area contributed by atoms with Crippen LogP contribution in [0.25, 0.3) is 0 Å². The fourth-order valence-electron chi connectivity index (χ4n) is 2.81. The quantitative estimate of drug-likeness (QED) is 0.723. The van der Waals surface area contributed by atoms with Gasteiger partial charge in [0.1, 0.15) is 18.5 Å². The number of benzene rings is 2. The van der Waals surface area contributed by atoms with Gasteiger partial charge < -0.3 is 14.9 Å². The maximum absolute atomic E-state index is 10.3. The third kappa shape index (κ3) is 6.79. The summed E-state index contributed by atoms with van der Waals surface area (Å²) in [5.74, 6) is 0.758. The van der Waals surface area contributed by atoms with E-state index in [0.717, 1.165) is 11.3 Å². The first-order chi connectivity index (χ1) is 12.4. The van der Waals surface area contributed by atoms with Gasteiger partial charge in [0, 0.05) is 19.6 Å². The Kier molecular flexibility index (Phi) is 7.64. The van der Waals surface area contributed by atoms with Crippen LogP contribution in [0.3, 0.4) is 0 Å². The predicted molar refractivity (Wildman–Crippen MR) is 105 cm³/mol. The van der Waals surface area contributed by atoms with Crippen LogP contribution in [0.15, 0.2) is 54.6 Å². The van der Waals surface area contributed by atoms with E-state index in [0.29, 0.717) is 19.6 Å². The minimum Gasteiger partial charge on any atom is -0.491 e. The Morgan fingerprint density at radius 2 is 1.65 bits per heavy atom. The van der Waals surface area contributed by atoms with E-state index in [9.17, 15) is 10.2 Å². The molecule has 0 bridgehead atoms. The first kappa shape index (κ1) is 20.4. The zero-order valence-electron chi connectivity index (χ0n) is 16.1. The van der Waals surface area contributed by atoms with Crippen molar-refractivity contribution >= 4 is 0 Å². The summed E-state index contributed by atoms with van der Waals surface area (Å²) >= 11 is 0. The molecule has 2 aromatic carbocycles. The smallest absolute Gasteiger partial charge is 0.119 e. The molecule has 0 aromatic heterocycles. The van der Waals surface area contributed by atoms with E-state index in [1.54, 1.807) is 0 Å². The number of hydrogen-bond donors (Lipinski definition) is 2. The number of aliphatic hydroxyl groups is 2. The minimum absolute atomic E-state index is 0.0642. The summed E-state index contributed by atoms with van der Waals surface area (Å²) in [5.41, 5.74) is 2.52. The van der Waals surface area contributed by atoms with Crippen molar-refractivity contribution in [1.82, 2.24) is 4.90 Å². The zero-order chi connectivity index (χ0) is 19.0. The summed E-state index contributed by atoms with van der Waals surface area (Å²) in [6.07, 6.45) is -0.618. The Morgan fingerprint density at radius 3 is 2.23 bits per heavy atom. The summed E-state index contributed by atoms with van der Waals surface area (Å²) in [7, 11) is 0. The lowest BCUT2D eigenvalue weighted by atomic mass is 9.87.